The number of rotatable bonds is 4. The van der Waals surface area contributed by atoms with Gasteiger partial charge in [-0.25, -0.2) is 0 Å². The summed E-state index contributed by atoms with van der Waals surface area (Å²) in [6, 6.07) is 15.5. The maximum atomic E-state index is 13.6. The molecule has 0 bridgehead atoms. The fourth-order valence-corrected chi connectivity index (χ4v) is 6.84. The lowest BCUT2D eigenvalue weighted by Crippen LogP contribution is -2.42. The molecule has 6 nitrogen and oxygen atoms in total. The van der Waals surface area contributed by atoms with Crippen molar-refractivity contribution < 1.29 is 9.59 Å². The molecule has 2 amide bonds. The summed E-state index contributed by atoms with van der Waals surface area (Å²) < 4.78 is 0. The van der Waals surface area contributed by atoms with E-state index in [0.29, 0.717) is 16.1 Å². The average molecular weight is 529 g/mol. The summed E-state index contributed by atoms with van der Waals surface area (Å²) in [5.41, 5.74) is 5.77. The first kappa shape index (κ1) is 24.9. The third-order valence-electron chi connectivity index (χ3n) is 8.80. The van der Waals surface area contributed by atoms with E-state index >= 15 is 0 Å². The number of carbonyl (C=O) groups excluding carboxylic acids is 2. The molecule has 1 aromatic heterocycles. The van der Waals surface area contributed by atoms with Gasteiger partial charge in [-0.3, -0.25) is 14.6 Å². The Bertz CT molecular complexity index is 1350. The van der Waals surface area contributed by atoms with Gasteiger partial charge in [0.25, 0.3) is 11.8 Å². The fourth-order valence-electron chi connectivity index (χ4n) is 6.53. The normalized spacial score (nSPS) is 20.0. The summed E-state index contributed by atoms with van der Waals surface area (Å²) >= 11 is 6.33. The number of benzene rings is 2. The van der Waals surface area contributed by atoms with E-state index in [1.54, 1.807) is 6.07 Å². The SMILES string of the molecule is Cc1cccc(Cl)c1C(=O)N[C@@H]1CCc2ccc(C(=O)N3CCC4(CCN(c5ccncc5)CC4)C3)cc21. The second kappa shape index (κ2) is 10.1. The Morgan fingerprint density at radius 2 is 1.79 bits per heavy atom. The van der Waals surface area contributed by atoms with E-state index in [-0.39, 0.29) is 23.3 Å². The van der Waals surface area contributed by atoms with Crippen LogP contribution in [0.4, 0.5) is 5.69 Å². The molecule has 2 aromatic carbocycles. The Kier molecular flexibility index (Phi) is 6.60. The number of carbonyl (C=O) groups is 2. The molecule has 0 unspecified atom stereocenters. The summed E-state index contributed by atoms with van der Waals surface area (Å²) in [5.74, 6) is -0.0672. The van der Waals surface area contributed by atoms with E-state index in [9.17, 15) is 9.59 Å². The molecular formula is C31H33ClN4O2. The van der Waals surface area contributed by atoms with Crippen molar-refractivity contribution in [2.45, 2.75) is 45.1 Å². The van der Waals surface area contributed by atoms with Gasteiger partial charge in [-0.15, -0.1) is 0 Å². The zero-order valence-electron chi connectivity index (χ0n) is 21.8. The first-order valence-electron chi connectivity index (χ1n) is 13.6. The minimum absolute atomic E-state index is 0.0974. The highest BCUT2D eigenvalue weighted by Crippen LogP contribution is 2.42. The van der Waals surface area contributed by atoms with Crippen LogP contribution in [0.3, 0.4) is 0 Å². The molecular weight excluding hydrogens is 496 g/mol. The molecule has 1 spiro atoms. The minimum atomic E-state index is -0.165. The molecule has 196 valence electrons. The molecule has 1 atom stereocenters. The van der Waals surface area contributed by atoms with Crippen molar-refractivity contribution in [3.05, 3.63) is 93.8 Å². The average Bonchev–Trinajstić information content (AvgIpc) is 3.53. The van der Waals surface area contributed by atoms with Gasteiger partial charge in [0, 0.05) is 49.8 Å². The van der Waals surface area contributed by atoms with Gasteiger partial charge in [0.15, 0.2) is 0 Å². The van der Waals surface area contributed by atoms with E-state index in [1.165, 1.54) is 11.3 Å². The second-order valence-corrected chi connectivity index (χ2v) is 11.5. The number of hydrogen-bond donors (Lipinski definition) is 1. The van der Waals surface area contributed by atoms with Crippen LogP contribution in [0.15, 0.2) is 60.9 Å². The van der Waals surface area contributed by atoms with Crippen molar-refractivity contribution in [1.29, 1.82) is 0 Å². The van der Waals surface area contributed by atoms with Crippen LogP contribution >= 0.6 is 11.6 Å². The minimum Gasteiger partial charge on any atom is -0.371 e. The summed E-state index contributed by atoms with van der Waals surface area (Å²) in [7, 11) is 0. The molecule has 6 rings (SSSR count). The third kappa shape index (κ3) is 4.66. The first-order chi connectivity index (χ1) is 18.4. The third-order valence-corrected chi connectivity index (χ3v) is 9.12. The summed E-state index contributed by atoms with van der Waals surface area (Å²) in [5, 5.41) is 3.63. The van der Waals surface area contributed by atoms with Gasteiger partial charge in [-0.2, -0.15) is 0 Å². The monoisotopic (exact) mass is 528 g/mol. The number of anilines is 1. The van der Waals surface area contributed by atoms with Crippen LogP contribution < -0.4 is 10.2 Å². The summed E-state index contributed by atoms with van der Waals surface area (Å²) in [6.07, 6.45) is 8.65. The fraction of sp³-hybridized carbons (Fsp3) is 0.387. The van der Waals surface area contributed by atoms with Crippen LogP contribution in [0, 0.1) is 12.3 Å². The highest BCUT2D eigenvalue weighted by atomic mass is 35.5. The summed E-state index contributed by atoms with van der Waals surface area (Å²) in [4.78, 5) is 35.3. The van der Waals surface area contributed by atoms with Gasteiger partial charge in [0.05, 0.1) is 16.6 Å². The van der Waals surface area contributed by atoms with E-state index < -0.39 is 0 Å². The highest BCUT2D eigenvalue weighted by molar-refractivity contribution is 6.34. The Labute approximate surface area is 229 Å². The number of fused-ring (bicyclic) bond motifs is 1. The molecule has 38 heavy (non-hydrogen) atoms. The predicted molar refractivity (Wildman–Crippen MR) is 150 cm³/mol. The molecule has 0 saturated carbocycles. The Morgan fingerprint density at radius 1 is 1.03 bits per heavy atom. The molecule has 3 aromatic rings. The van der Waals surface area contributed by atoms with Crippen molar-refractivity contribution in [1.82, 2.24) is 15.2 Å². The molecule has 7 heteroatoms. The quantitative estimate of drug-likeness (QED) is 0.479. The maximum Gasteiger partial charge on any atom is 0.253 e. The smallest absolute Gasteiger partial charge is 0.253 e. The van der Waals surface area contributed by atoms with Crippen molar-refractivity contribution in [3.8, 4) is 0 Å². The van der Waals surface area contributed by atoms with E-state index in [2.05, 4.69) is 33.4 Å². The number of hydrogen-bond acceptors (Lipinski definition) is 4. The molecule has 0 radical (unpaired) electrons. The number of halogens is 1. The number of aryl methyl sites for hydroxylation is 2. The standard InChI is InChI=1S/C31H33ClN4O2/c1-21-3-2-4-26(32)28(21)29(37)34-27-8-7-22-5-6-23(19-25(22)27)30(38)36-18-13-31(20-36)11-16-35(17-12-31)24-9-14-33-15-10-24/h2-6,9-10,14-15,19,27H,7-8,11-13,16-18,20H2,1H3,(H,34,37)/t27-/m1/s1. The van der Waals surface area contributed by atoms with Gasteiger partial charge in [0.2, 0.25) is 0 Å². The van der Waals surface area contributed by atoms with E-state index in [0.717, 1.165) is 69.4 Å². The van der Waals surface area contributed by atoms with Crippen LogP contribution in [-0.2, 0) is 6.42 Å². The summed E-state index contributed by atoms with van der Waals surface area (Å²) in [6.45, 7) is 5.54. The Balaban J connectivity index is 1.12. The van der Waals surface area contributed by atoms with Crippen LogP contribution in [-0.4, -0.2) is 47.9 Å². The molecule has 1 aliphatic carbocycles. The number of amides is 2. The zero-order chi connectivity index (χ0) is 26.3. The maximum absolute atomic E-state index is 13.6. The number of nitrogens with zero attached hydrogens (tertiary/aromatic N) is 3. The molecule has 2 saturated heterocycles. The number of nitrogens with one attached hydrogen (secondary N) is 1. The molecule has 3 aliphatic rings. The molecule has 1 N–H and O–H groups in total. The van der Waals surface area contributed by atoms with Crippen LogP contribution in [0.5, 0.6) is 0 Å². The lowest BCUT2D eigenvalue weighted by molar-refractivity contribution is 0.0764. The number of piperidine rings is 1. The number of likely N-dealkylation sites (tertiary alicyclic amines) is 1. The largest absolute Gasteiger partial charge is 0.371 e. The highest BCUT2D eigenvalue weighted by Gasteiger charge is 2.42. The number of aromatic nitrogens is 1. The van der Waals surface area contributed by atoms with E-state index in [1.807, 2.05) is 48.5 Å². The van der Waals surface area contributed by atoms with Crippen molar-refractivity contribution >= 4 is 29.1 Å². The number of pyridine rings is 1. The zero-order valence-corrected chi connectivity index (χ0v) is 22.5. The van der Waals surface area contributed by atoms with E-state index in [4.69, 9.17) is 11.6 Å². The van der Waals surface area contributed by atoms with Crippen LogP contribution in [0.1, 0.15) is 69.1 Å². The van der Waals surface area contributed by atoms with Gasteiger partial charge >= 0.3 is 0 Å². The lowest BCUT2D eigenvalue weighted by atomic mass is 9.77. The van der Waals surface area contributed by atoms with Gasteiger partial charge in [-0.1, -0.05) is 29.8 Å². The molecule has 2 aliphatic heterocycles. The van der Waals surface area contributed by atoms with Crippen molar-refractivity contribution in [2.75, 3.05) is 31.1 Å². The second-order valence-electron chi connectivity index (χ2n) is 11.1. The molecule has 2 fully saturated rings. The lowest BCUT2D eigenvalue weighted by Gasteiger charge is -2.40. The van der Waals surface area contributed by atoms with Crippen LogP contribution in [0.25, 0.3) is 0 Å². The van der Waals surface area contributed by atoms with Crippen molar-refractivity contribution in [2.24, 2.45) is 5.41 Å². The Morgan fingerprint density at radius 3 is 2.55 bits per heavy atom. The first-order valence-corrected chi connectivity index (χ1v) is 13.9. The van der Waals surface area contributed by atoms with Gasteiger partial charge in [-0.05, 0) is 91.5 Å². The topological polar surface area (TPSA) is 65.5 Å². The Hall–Kier alpha value is -3.38. The van der Waals surface area contributed by atoms with Crippen molar-refractivity contribution in [3.63, 3.8) is 0 Å². The van der Waals surface area contributed by atoms with Gasteiger partial charge in [0.1, 0.15) is 0 Å². The molecule has 3 heterocycles. The predicted octanol–water partition coefficient (Wildman–Crippen LogP) is 5.59. The van der Waals surface area contributed by atoms with Crippen LogP contribution in [0.2, 0.25) is 5.02 Å². The van der Waals surface area contributed by atoms with Gasteiger partial charge < -0.3 is 15.1 Å².